The molecule has 3 heterocycles. The van der Waals surface area contributed by atoms with Crippen LogP contribution in [0.25, 0.3) is 0 Å². The lowest BCUT2D eigenvalue weighted by atomic mass is 10.1. The minimum Gasteiger partial charge on any atom is -0.353 e. The Morgan fingerprint density at radius 1 is 1.06 bits per heavy atom. The van der Waals surface area contributed by atoms with Crippen molar-refractivity contribution in [3.8, 4) is 6.07 Å². The minimum atomic E-state index is -0.504. The summed E-state index contributed by atoms with van der Waals surface area (Å²) < 4.78 is 1.27. The summed E-state index contributed by atoms with van der Waals surface area (Å²) >= 11 is 0. The van der Waals surface area contributed by atoms with E-state index in [1.54, 1.807) is 55.3 Å². The number of benzene rings is 1. The van der Waals surface area contributed by atoms with Crippen LogP contribution < -0.4 is 15.8 Å². The van der Waals surface area contributed by atoms with Gasteiger partial charge < -0.3 is 19.7 Å². The maximum absolute atomic E-state index is 13.3. The number of anilines is 2. The standard InChI is InChI=1S/C26H26N6O3/c1-18-15-19(2)32(26(35)21(18)16-27)17-24(33)29-22-8-4-3-7-20(22)25(34)31-13-11-30(12-14-31)23-9-5-6-10-28-23/h3-10,15H,11-14,17H2,1-2H3,(H,29,33). The van der Waals surface area contributed by atoms with Gasteiger partial charge in [-0.05, 0) is 49.7 Å². The molecule has 1 N–H and O–H groups in total. The number of piperazine rings is 1. The summed E-state index contributed by atoms with van der Waals surface area (Å²) in [7, 11) is 0. The highest BCUT2D eigenvalue weighted by Crippen LogP contribution is 2.20. The predicted molar refractivity (Wildman–Crippen MR) is 132 cm³/mol. The number of pyridine rings is 2. The molecular weight excluding hydrogens is 444 g/mol. The van der Waals surface area contributed by atoms with Gasteiger partial charge in [0.25, 0.3) is 11.5 Å². The van der Waals surface area contributed by atoms with E-state index in [0.717, 1.165) is 5.82 Å². The topological polar surface area (TPSA) is 111 Å². The van der Waals surface area contributed by atoms with Gasteiger partial charge in [0.2, 0.25) is 5.91 Å². The molecule has 0 aliphatic carbocycles. The second-order valence-corrected chi connectivity index (χ2v) is 8.41. The van der Waals surface area contributed by atoms with Gasteiger partial charge in [0.1, 0.15) is 24.0 Å². The number of hydrogen-bond donors (Lipinski definition) is 1. The lowest BCUT2D eigenvalue weighted by Crippen LogP contribution is -2.49. The molecule has 0 bridgehead atoms. The fraction of sp³-hybridized carbons (Fsp3) is 0.269. The highest BCUT2D eigenvalue weighted by atomic mass is 16.2. The Morgan fingerprint density at radius 2 is 1.77 bits per heavy atom. The molecule has 1 aliphatic rings. The van der Waals surface area contributed by atoms with Crippen molar-refractivity contribution in [1.29, 1.82) is 5.26 Å². The van der Waals surface area contributed by atoms with Crippen molar-refractivity contribution >= 4 is 23.3 Å². The van der Waals surface area contributed by atoms with Crippen LogP contribution in [0.5, 0.6) is 0 Å². The Balaban J connectivity index is 1.46. The molecule has 1 saturated heterocycles. The number of aryl methyl sites for hydroxylation is 2. The van der Waals surface area contributed by atoms with Crippen molar-refractivity contribution in [2.24, 2.45) is 0 Å². The summed E-state index contributed by atoms with van der Waals surface area (Å²) in [5.74, 6) is 0.258. The van der Waals surface area contributed by atoms with Crippen LogP contribution in [0.2, 0.25) is 0 Å². The lowest BCUT2D eigenvalue weighted by Gasteiger charge is -2.35. The van der Waals surface area contributed by atoms with E-state index in [1.807, 2.05) is 24.3 Å². The highest BCUT2D eigenvalue weighted by molar-refractivity contribution is 6.03. The molecule has 9 heteroatoms. The maximum atomic E-state index is 13.3. The molecule has 9 nitrogen and oxygen atoms in total. The second-order valence-electron chi connectivity index (χ2n) is 8.41. The molecule has 0 saturated carbocycles. The molecule has 178 valence electrons. The molecule has 0 radical (unpaired) electrons. The lowest BCUT2D eigenvalue weighted by molar-refractivity contribution is -0.116. The van der Waals surface area contributed by atoms with E-state index < -0.39 is 11.5 Å². The molecule has 3 aromatic rings. The molecule has 1 aliphatic heterocycles. The summed E-state index contributed by atoms with van der Waals surface area (Å²) in [6.07, 6.45) is 1.75. The first-order valence-electron chi connectivity index (χ1n) is 11.3. The molecule has 4 rings (SSSR count). The smallest absolute Gasteiger partial charge is 0.269 e. The summed E-state index contributed by atoms with van der Waals surface area (Å²) in [4.78, 5) is 47.0. The number of rotatable bonds is 5. The molecule has 0 spiro atoms. The average molecular weight is 471 g/mol. The molecule has 35 heavy (non-hydrogen) atoms. The molecule has 1 fully saturated rings. The van der Waals surface area contributed by atoms with Crippen LogP contribution in [0.1, 0.15) is 27.2 Å². The Hall–Kier alpha value is -4.45. The van der Waals surface area contributed by atoms with Gasteiger partial charge in [-0.25, -0.2) is 4.98 Å². The number of hydrogen-bond acceptors (Lipinski definition) is 6. The van der Waals surface area contributed by atoms with Gasteiger partial charge >= 0.3 is 0 Å². The number of nitriles is 1. The second kappa shape index (κ2) is 10.2. The zero-order chi connectivity index (χ0) is 24.9. The Kier molecular flexibility index (Phi) is 6.92. The average Bonchev–Trinajstić information content (AvgIpc) is 2.87. The first kappa shape index (κ1) is 23.7. The first-order chi connectivity index (χ1) is 16.9. The van der Waals surface area contributed by atoms with E-state index in [-0.39, 0.29) is 18.0 Å². The molecule has 2 aromatic heterocycles. The van der Waals surface area contributed by atoms with E-state index in [0.29, 0.717) is 48.7 Å². The van der Waals surface area contributed by atoms with Gasteiger partial charge in [0, 0.05) is 38.1 Å². The third-order valence-corrected chi connectivity index (χ3v) is 6.09. The van der Waals surface area contributed by atoms with Crippen LogP contribution in [-0.4, -0.2) is 52.4 Å². The Morgan fingerprint density at radius 3 is 2.46 bits per heavy atom. The molecule has 1 aromatic carbocycles. The van der Waals surface area contributed by atoms with Crippen LogP contribution in [0.4, 0.5) is 11.5 Å². The van der Waals surface area contributed by atoms with E-state index in [4.69, 9.17) is 0 Å². The predicted octanol–water partition coefficient (Wildman–Crippen LogP) is 2.33. The van der Waals surface area contributed by atoms with Crippen molar-refractivity contribution in [3.05, 3.63) is 87.5 Å². The third-order valence-electron chi connectivity index (χ3n) is 6.09. The summed E-state index contributed by atoms with van der Waals surface area (Å²) in [6, 6.07) is 16.2. The minimum absolute atomic E-state index is 0.0174. The quantitative estimate of drug-likeness (QED) is 0.613. The zero-order valence-electron chi connectivity index (χ0n) is 19.7. The van der Waals surface area contributed by atoms with Crippen LogP contribution in [0.15, 0.2) is 59.5 Å². The Bertz CT molecular complexity index is 1350. The van der Waals surface area contributed by atoms with Gasteiger partial charge in [-0.1, -0.05) is 18.2 Å². The molecular formula is C26H26N6O3. The molecule has 0 atom stereocenters. The number of carbonyl (C=O) groups excluding carboxylic acids is 2. The fourth-order valence-corrected chi connectivity index (χ4v) is 4.22. The normalized spacial score (nSPS) is 13.3. The largest absolute Gasteiger partial charge is 0.353 e. The van der Waals surface area contributed by atoms with Crippen molar-refractivity contribution in [2.45, 2.75) is 20.4 Å². The number of nitrogens with zero attached hydrogens (tertiary/aromatic N) is 5. The van der Waals surface area contributed by atoms with E-state index in [9.17, 15) is 19.6 Å². The molecule has 0 unspecified atom stereocenters. The highest BCUT2D eigenvalue weighted by Gasteiger charge is 2.25. The van der Waals surface area contributed by atoms with Gasteiger partial charge in [-0.2, -0.15) is 5.26 Å². The van der Waals surface area contributed by atoms with E-state index in [2.05, 4.69) is 15.2 Å². The van der Waals surface area contributed by atoms with Gasteiger partial charge in [0.05, 0.1) is 11.3 Å². The number of para-hydroxylation sites is 1. The fourth-order valence-electron chi connectivity index (χ4n) is 4.22. The van der Waals surface area contributed by atoms with E-state index in [1.165, 1.54) is 4.57 Å². The van der Waals surface area contributed by atoms with Crippen molar-refractivity contribution in [1.82, 2.24) is 14.5 Å². The number of carbonyl (C=O) groups is 2. The van der Waals surface area contributed by atoms with Crippen molar-refractivity contribution in [3.63, 3.8) is 0 Å². The summed E-state index contributed by atoms with van der Waals surface area (Å²) in [5.41, 5.74) is 1.44. The first-order valence-corrected chi connectivity index (χ1v) is 11.3. The van der Waals surface area contributed by atoms with Crippen molar-refractivity contribution in [2.75, 3.05) is 36.4 Å². The third kappa shape index (κ3) is 5.06. The van der Waals surface area contributed by atoms with Crippen LogP contribution in [0.3, 0.4) is 0 Å². The van der Waals surface area contributed by atoms with Gasteiger partial charge in [-0.3, -0.25) is 14.4 Å². The van der Waals surface area contributed by atoms with Crippen LogP contribution in [0, 0.1) is 25.2 Å². The monoisotopic (exact) mass is 470 g/mol. The van der Waals surface area contributed by atoms with E-state index >= 15 is 0 Å². The number of aromatic nitrogens is 2. The summed E-state index contributed by atoms with van der Waals surface area (Å²) in [6.45, 7) is 5.53. The van der Waals surface area contributed by atoms with Crippen LogP contribution >= 0.6 is 0 Å². The number of nitrogens with one attached hydrogen (secondary N) is 1. The van der Waals surface area contributed by atoms with Gasteiger partial charge in [-0.15, -0.1) is 0 Å². The zero-order valence-corrected chi connectivity index (χ0v) is 19.7. The summed E-state index contributed by atoms with van der Waals surface area (Å²) in [5, 5.41) is 12.0. The molecule has 2 amide bonds. The van der Waals surface area contributed by atoms with Gasteiger partial charge in [0.15, 0.2) is 0 Å². The maximum Gasteiger partial charge on any atom is 0.269 e. The van der Waals surface area contributed by atoms with Crippen molar-refractivity contribution < 1.29 is 9.59 Å². The number of amides is 2. The Labute approximate surface area is 203 Å². The van der Waals surface area contributed by atoms with Crippen LogP contribution in [-0.2, 0) is 11.3 Å². The SMILES string of the molecule is Cc1cc(C)n(CC(=O)Nc2ccccc2C(=O)N2CCN(c3ccccn3)CC2)c(=O)c1C#N.